The average molecular weight is 406 g/mol. The van der Waals surface area contributed by atoms with Crippen molar-refractivity contribution < 1.29 is 27.6 Å². The van der Waals surface area contributed by atoms with Crippen molar-refractivity contribution >= 4 is 21.9 Å². The topological polar surface area (TPSA) is 102 Å². The van der Waals surface area contributed by atoms with E-state index in [0.717, 1.165) is 5.56 Å². The van der Waals surface area contributed by atoms with Crippen molar-refractivity contribution in [2.75, 3.05) is 27.3 Å². The number of nitrogens with zero attached hydrogens (tertiary/aromatic N) is 1. The maximum atomic E-state index is 12.2. The van der Waals surface area contributed by atoms with Crippen LogP contribution in [0.15, 0.2) is 59.5 Å². The highest BCUT2D eigenvalue weighted by Crippen LogP contribution is 2.16. The fourth-order valence-electron chi connectivity index (χ4n) is 2.29. The third kappa shape index (κ3) is 5.88. The zero-order valence-corrected chi connectivity index (χ0v) is 16.4. The number of hydrogen-bond acceptors (Lipinski definition) is 6. The molecule has 0 aliphatic rings. The van der Waals surface area contributed by atoms with Crippen LogP contribution in [0, 0.1) is 0 Å². The minimum atomic E-state index is -3.89. The zero-order valence-electron chi connectivity index (χ0n) is 15.6. The summed E-state index contributed by atoms with van der Waals surface area (Å²) >= 11 is 0. The van der Waals surface area contributed by atoms with Crippen LogP contribution in [0.1, 0.15) is 15.9 Å². The number of sulfonamides is 1. The first-order chi connectivity index (χ1) is 13.3. The van der Waals surface area contributed by atoms with Crippen LogP contribution in [0.4, 0.5) is 0 Å². The highest BCUT2D eigenvalue weighted by molar-refractivity contribution is 7.89. The fraction of sp³-hybridized carbons (Fsp3) is 0.263. The van der Waals surface area contributed by atoms with Gasteiger partial charge in [-0.3, -0.25) is 9.63 Å². The maximum Gasteiger partial charge on any atom is 0.338 e. The fourth-order valence-corrected chi connectivity index (χ4v) is 3.31. The molecular formula is C19H22N2O6S. The molecule has 0 spiro atoms. The Morgan fingerprint density at radius 2 is 1.79 bits per heavy atom. The summed E-state index contributed by atoms with van der Waals surface area (Å²) in [5.41, 5.74) is 1.10. The number of hydrogen-bond donors (Lipinski definition) is 1. The SMILES string of the molecule is CON(C)S(=O)(=O)c1cccc(C(=O)OCC(=O)NCCc2ccccc2)c1. The molecule has 0 atom stereocenters. The Balaban J connectivity index is 1.87. The van der Waals surface area contributed by atoms with E-state index in [2.05, 4.69) is 5.32 Å². The van der Waals surface area contributed by atoms with E-state index >= 15 is 0 Å². The van der Waals surface area contributed by atoms with Gasteiger partial charge in [-0.15, -0.1) is 0 Å². The van der Waals surface area contributed by atoms with Crippen LogP contribution in [0.3, 0.4) is 0 Å². The van der Waals surface area contributed by atoms with Crippen LogP contribution in [-0.4, -0.2) is 52.1 Å². The highest BCUT2D eigenvalue weighted by Gasteiger charge is 2.22. The molecule has 0 aliphatic carbocycles. The van der Waals surface area contributed by atoms with Gasteiger partial charge in [0, 0.05) is 13.6 Å². The Morgan fingerprint density at radius 3 is 2.46 bits per heavy atom. The lowest BCUT2D eigenvalue weighted by Crippen LogP contribution is -2.30. The molecule has 150 valence electrons. The van der Waals surface area contributed by atoms with Gasteiger partial charge in [0.05, 0.1) is 17.6 Å². The minimum Gasteiger partial charge on any atom is -0.452 e. The van der Waals surface area contributed by atoms with E-state index in [1.54, 1.807) is 0 Å². The first-order valence-electron chi connectivity index (χ1n) is 8.45. The van der Waals surface area contributed by atoms with E-state index in [1.807, 2.05) is 30.3 Å². The van der Waals surface area contributed by atoms with Crippen LogP contribution in [0.5, 0.6) is 0 Å². The van der Waals surface area contributed by atoms with Gasteiger partial charge in [-0.05, 0) is 30.2 Å². The normalized spacial score (nSPS) is 11.2. The molecule has 0 aliphatic heterocycles. The van der Waals surface area contributed by atoms with Gasteiger partial charge in [0.1, 0.15) is 0 Å². The zero-order chi connectivity index (χ0) is 20.6. The summed E-state index contributed by atoms with van der Waals surface area (Å²) in [6.07, 6.45) is 0.660. The quantitative estimate of drug-likeness (QED) is 0.499. The number of rotatable bonds is 9. The molecule has 8 nitrogen and oxygen atoms in total. The van der Waals surface area contributed by atoms with Crippen molar-refractivity contribution in [2.24, 2.45) is 0 Å². The van der Waals surface area contributed by atoms with Crippen molar-refractivity contribution in [1.29, 1.82) is 0 Å². The Morgan fingerprint density at radius 1 is 1.07 bits per heavy atom. The molecule has 0 fully saturated rings. The highest BCUT2D eigenvalue weighted by atomic mass is 32.2. The summed E-state index contributed by atoms with van der Waals surface area (Å²) < 4.78 is 30.1. The largest absolute Gasteiger partial charge is 0.452 e. The van der Waals surface area contributed by atoms with Crippen molar-refractivity contribution in [3.05, 3.63) is 65.7 Å². The van der Waals surface area contributed by atoms with Crippen LogP contribution in [0.25, 0.3) is 0 Å². The van der Waals surface area contributed by atoms with Crippen molar-refractivity contribution in [1.82, 2.24) is 9.79 Å². The Kier molecular flexibility index (Phi) is 7.68. The van der Waals surface area contributed by atoms with Crippen molar-refractivity contribution in [3.63, 3.8) is 0 Å². The smallest absolute Gasteiger partial charge is 0.338 e. The first-order valence-corrected chi connectivity index (χ1v) is 9.89. The lowest BCUT2D eigenvalue weighted by molar-refractivity contribution is -0.124. The molecule has 9 heteroatoms. The van der Waals surface area contributed by atoms with Gasteiger partial charge >= 0.3 is 5.97 Å². The summed E-state index contributed by atoms with van der Waals surface area (Å²) in [4.78, 5) is 28.5. The second kappa shape index (κ2) is 9.98. The molecule has 0 heterocycles. The second-order valence-corrected chi connectivity index (χ2v) is 7.72. The molecule has 2 aromatic carbocycles. The maximum absolute atomic E-state index is 12.2. The third-order valence-corrected chi connectivity index (χ3v) is 5.55. The Hall–Kier alpha value is -2.75. The van der Waals surface area contributed by atoms with Gasteiger partial charge in [-0.1, -0.05) is 40.9 Å². The molecule has 0 radical (unpaired) electrons. The number of ether oxygens (including phenoxy) is 1. The third-order valence-electron chi connectivity index (χ3n) is 3.88. The van der Waals surface area contributed by atoms with E-state index in [-0.39, 0.29) is 10.5 Å². The van der Waals surface area contributed by atoms with E-state index in [1.165, 1.54) is 38.4 Å². The summed E-state index contributed by atoms with van der Waals surface area (Å²) in [5, 5.41) is 2.66. The second-order valence-electron chi connectivity index (χ2n) is 5.79. The summed E-state index contributed by atoms with van der Waals surface area (Å²) in [5.74, 6) is -1.23. The van der Waals surface area contributed by atoms with Gasteiger partial charge in [0.15, 0.2) is 6.61 Å². The summed E-state index contributed by atoms with van der Waals surface area (Å²) in [7, 11) is -1.44. The number of nitrogens with one attached hydrogen (secondary N) is 1. The van der Waals surface area contributed by atoms with Gasteiger partial charge in [0.2, 0.25) is 0 Å². The number of amides is 1. The minimum absolute atomic E-state index is 0.0164. The molecule has 0 saturated carbocycles. The van der Waals surface area contributed by atoms with E-state index < -0.39 is 28.5 Å². The van der Waals surface area contributed by atoms with E-state index in [0.29, 0.717) is 17.4 Å². The Labute approximate surface area is 164 Å². The van der Waals surface area contributed by atoms with Gasteiger partial charge < -0.3 is 10.1 Å². The standard InChI is InChI=1S/C19H22N2O6S/c1-21(26-2)28(24,25)17-10-6-9-16(13-17)19(23)27-14-18(22)20-12-11-15-7-4-3-5-8-15/h3-10,13H,11-12,14H2,1-2H3,(H,20,22). The van der Waals surface area contributed by atoms with Crippen molar-refractivity contribution in [2.45, 2.75) is 11.3 Å². The lowest BCUT2D eigenvalue weighted by Gasteiger charge is -2.14. The molecule has 1 N–H and O–H groups in total. The number of esters is 1. The lowest BCUT2D eigenvalue weighted by atomic mass is 10.1. The number of benzene rings is 2. The molecule has 0 unspecified atom stereocenters. The van der Waals surface area contributed by atoms with E-state index in [4.69, 9.17) is 9.57 Å². The van der Waals surface area contributed by atoms with Gasteiger partial charge in [-0.25, -0.2) is 13.2 Å². The summed E-state index contributed by atoms with van der Waals surface area (Å²) in [6, 6.07) is 15.0. The molecule has 1 amide bonds. The van der Waals surface area contributed by atoms with E-state index in [9.17, 15) is 18.0 Å². The summed E-state index contributed by atoms with van der Waals surface area (Å²) in [6.45, 7) is -0.0416. The van der Waals surface area contributed by atoms with Crippen LogP contribution in [-0.2, 0) is 30.8 Å². The molecule has 0 aromatic heterocycles. The molecule has 2 rings (SSSR count). The molecule has 0 saturated heterocycles. The molecular weight excluding hydrogens is 384 g/mol. The Bertz CT molecular complexity index is 915. The van der Waals surface area contributed by atoms with Crippen LogP contribution < -0.4 is 5.32 Å². The van der Waals surface area contributed by atoms with Crippen LogP contribution >= 0.6 is 0 Å². The first kappa shape index (κ1) is 21.5. The average Bonchev–Trinajstić information content (AvgIpc) is 2.72. The molecule has 0 bridgehead atoms. The number of carbonyl (C=O) groups is 2. The van der Waals surface area contributed by atoms with Crippen LogP contribution in [0.2, 0.25) is 0 Å². The predicted octanol–water partition coefficient (Wildman–Crippen LogP) is 1.38. The predicted molar refractivity (Wildman–Crippen MR) is 102 cm³/mol. The molecule has 2 aromatic rings. The van der Waals surface area contributed by atoms with Crippen molar-refractivity contribution in [3.8, 4) is 0 Å². The molecule has 28 heavy (non-hydrogen) atoms. The number of hydroxylamine groups is 1. The van der Waals surface area contributed by atoms with Gasteiger partial charge in [0.25, 0.3) is 15.9 Å². The van der Waals surface area contributed by atoms with Gasteiger partial charge in [-0.2, -0.15) is 0 Å². The monoisotopic (exact) mass is 406 g/mol. The number of carbonyl (C=O) groups excluding carboxylic acids is 2.